The summed E-state index contributed by atoms with van der Waals surface area (Å²) in [7, 11) is 0. The number of carbonyl (C=O) groups is 1. The normalized spacial score (nSPS) is 23.4. The Morgan fingerprint density at radius 2 is 2.30 bits per heavy atom. The first-order chi connectivity index (χ1) is 9.47. The summed E-state index contributed by atoms with van der Waals surface area (Å²) >= 11 is 5.76. The van der Waals surface area contributed by atoms with Crippen LogP contribution in [0.2, 0.25) is 5.22 Å². The van der Waals surface area contributed by atoms with Gasteiger partial charge in [-0.2, -0.15) is 0 Å². The molecule has 0 aromatic carbocycles. The maximum Gasteiger partial charge on any atom is 0.225 e. The monoisotopic (exact) mass is 298 g/mol. The zero-order valence-corrected chi connectivity index (χ0v) is 13.1. The molecule has 1 aliphatic rings. The van der Waals surface area contributed by atoms with Gasteiger partial charge < -0.3 is 14.6 Å². The number of hydrogen-bond acceptors (Lipinski definition) is 3. The summed E-state index contributed by atoms with van der Waals surface area (Å²) in [4.78, 5) is 14.0. The molecule has 1 N–H and O–H groups in total. The zero-order valence-electron chi connectivity index (χ0n) is 12.4. The van der Waals surface area contributed by atoms with Crippen molar-refractivity contribution < 1.29 is 9.21 Å². The molecule has 20 heavy (non-hydrogen) atoms. The van der Waals surface area contributed by atoms with Crippen molar-refractivity contribution in [1.82, 2.24) is 10.2 Å². The van der Waals surface area contributed by atoms with Crippen molar-refractivity contribution in [3.8, 4) is 0 Å². The van der Waals surface area contributed by atoms with Crippen molar-refractivity contribution in [3.63, 3.8) is 0 Å². The molecule has 0 radical (unpaired) electrons. The first-order valence-electron chi connectivity index (χ1n) is 7.23. The van der Waals surface area contributed by atoms with Crippen LogP contribution in [0.3, 0.4) is 0 Å². The van der Waals surface area contributed by atoms with Crippen LogP contribution in [-0.4, -0.2) is 29.9 Å². The zero-order chi connectivity index (χ0) is 14.7. The molecule has 0 saturated carbocycles. The van der Waals surface area contributed by atoms with Crippen LogP contribution in [0.15, 0.2) is 16.5 Å². The number of amides is 1. The summed E-state index contributed by atoms with van der Waals surface area (Å²) in [6, 6.07) is 4.05. The molecule has 112 valence electrons. The summed E-state index contributed by atoms with van der Waals surface area (Å²) in [6.45, 7) is 8.44. The Morgan fingerprint density at radius 3 is 2.85 bits per heavy atom. The van der Waals surface area contributed by atoms with Crippen LogP contribution in [0, 0.1) is 11.8 Å². The number of piperidine rings is 1. The molecule has 0 unspecified atom stereocenters. The van der Waals surface area contributed by atoms with Gasteiger partial charge >= 0.3 is 0 Å². The van der Waals surface area contributed by atoms with Gasteiger partial charge in [-0.25, -0.2) is 0 Å². The van der Waals surface area contributed by atoms with E-state index in [9.17, 15) is 4.79 Å². The SMILES string of the molecule is CC(C)C(=O)N1CC[C@@H](NCc2ccc(Cl)o2)[C@@H](C)C1. The standard InChI is InChI=1S/C15H23ClN2O2/c1-10(2)15(19)18-7-6-13(11(3)9-18)17-8-12-4-5-14(16)20-12/h4-5,10-11,13,17H,6-9H2,1-3H3/t11-,13+/m0/s1. The van der Waals surface area contributed by atoms with Crippen LogP contribution in [0.25, 0.3) is 0 Å². The van der Waals surface area contributed by atoms with Crippen LogP contribution < -0.4 is 5.32 Å². The van der Waals surface area contributed by atoms with Gasteiger partial charge in [0.2, 0.25) is 5.91 Å². The number of likely N-dealkylation sites (tertiary alicyclic amines) is 1. The van der Waals surface area contributed by atoms with E-state index in [1.165, 1.54) is 0 Å². The van der Waals surface area contributed by atoms with E-state index in [0.29, 0.717) is 23.7 Å². The van der Waals surface area contributed by atoms with Crippen molar-refractivity contribution in [2.45, 2.75) is 39.8 Å². The van der Waals surface area contributed by atoms with E-state index in [1.807, 2.05) is 24.8 Å². The highest BCUT2D eigenvalue weighted by Gasteiger charge is 2.29. The number of rotatable bonds is 4. The van der Waals surface area contributed by atoms with Gasteiger partial charge in [0, 0.05) is 25.0 Å². The number of carbonyl (C=O) groups excluding carboxylic acids is 1. The fourth-order valence-corrected chi connectivity index (χ4v) is 2.85. The number of hydrogen-bond donors (Lipinski definition) is 1. The van der Waals surface area contributed by atoms with E-state index in [4.69, 9.17) is 16.0 Å². The molecular formula is C15H23ClN2O2. The third-order valence-corrected chi connectivity index (χ3v) is 4.08. The fraction of sp³-hybridized carbons (Fsp3) is 0.667. The van der Waals surface area contributed by atoms with Crippen LogP contribution in [0.1, 0.15) is 33.0 Å². The molecule has 2 atom stereocenters. The molecular weight excluding hydrogens is 276 g/mol. The Balaban J connectivity index is 1.82. The lowest BCUT2D eigenvalue weighted by atomic mass is 9.93. The highest BCUT2D eigenvalue weighted by molar-refractivity contribution is 6.28. The Hall–Kier alpha value is -1.00. The Labute approximate surface area is 125 Å². The van der Waals surface area contributed by atoms with Gasteiger partial charge in [-0.05, 0) is 36.1 Å². The highest BCUT2D eigenvalue weighted by Crippen LogP contribution is 2.20. The van der Waals surface area contributed by atoms with Gasteiger partial charge in [0.05, 0.1) is 6.54 Å². The van der Waals surface area contributed by atoms with Gasteiger partial charge in [-0.1, -0.05) is 20.8 Å². The van der Waals surface area contributed by atoms with Crippen LogP contribution >= 0.6 is 11.6 Å². The molecule has 0 spiro atoms. The topological polar surface area (TPSA) is 45.5 Å². The number of nitrogens with zero attached hydrogens (tertiary/aromatic N) is 1. The Morgan fingerprint density at radius 1 is 1.55 bits per heavy atom. The van der Waals surface area contributed by atoms with E-state index in [0.717, 1.165) is 25.3 Å². The molecule has 1 saturated heterocycles. The third-order valence-electron chi connectivity index (χ3n) is 3.88. The second kappa shape index (κ2) is 6.64. The van der Waals surface area contributed by atoms with Crippen molar-refractivity contribution in [2.24, 2.45) is 11.8 Å². The third kappa shape index (κ3) is 3.76. The lowest BCUT2D eigenvalue weighted by Gasteiger charge is -2.38. The molecule has 5 heteroatoms. The summed E-state index contributed by atoms with van der Waals surface area (Å²) in [5.41, 5.74) is 0. The minimum Gasteiger partial charge on any atom is -0.448 e. The van der Waals surface area contributed by atoms with Crippen molar-refractivity contribution >= 4 is 17.5 Å². The van der Waals surface area contributed by atoms with E-state index in [-0.39, 0.29) is 11.8 Å². The van der Waals surface area contributed by atoms with Crippen molar-refractivity contribution in [3.05, 3.63) is 23.1 Å². The van der Waals surface area contributed by atoms with E-state index in [2.05, 4.69) is 12.2 Å². The minimum absolute atomic E-state index is 0.0805. The summed E-state index contributed by atoms with van der Waals surface area (Å²) < 4.78 is 5.34. The van der Waals surface area contributed by atoms with E-state index in [1.54, 1.807) is 6.07 Å². The van der Waals surface area contributed by atoms with Gasteiger partial charge in [0.25, 0.3) is 0 Å². The quantitative estimate of drug-likeness (QED) is 0.929. The maximum absolute atomic E-state index is 12.0. The first-order valence-corrected chi connectivity index (χ1v) is 7.61. The Kier molecular flexibility index (Phi) is 5.11. The van der Waals surface area contributed by atoms with Gasteiger partial charge in [-0.3, -0.25) is 4.79 Å². The second-order valence-corrected chi connectivity index (χ2v) is 6.27. The molecule has 2 rings (SSSR count). The molecule has 1 fully saturated rings. The Bertz CT molecular complexity index is 458. The summed E-state index contributed by atoms with van der Waals surface area (Å²) in [5, 5.41) is 3.92. The van der Waals surface area contributed by atoms with E-state index >= 15 is 0 Å². The van der Waals surface area contributed by atoms with Crippen LogP contribution in [-0.2, 0) is 11.3 Å². The molecule has 1 aromatic heterocycles. The lowest BCUT2D eigenvalue weighted by molar-refractivity contribution is -0.136. The molecule has 2 heterocycles. The molecule has 0 bridgehead atoms. The van der Waals surface area contributed by atoms with Gasteiger partial charge in [0.1, 0.15) is 5.76 Å². The largest absolute Gasteiger partial charge is 0.448 e. The summed E-state index contributed by atoms with van der Waals surface area (Å²) in [5.74, 6) is 1.63. The maximum atomic E-state index is 12.0. The fourth-order valence-electron chi connectivity index (χ4n) is 2.69. The predicted molar refractivity (Wildman–Crippen MR) is 79.5 cm³/mol. The van der Waals surface area contributed by atoms with Crippen LogP contribution in [0.5, 0.6) is 0 Å². The molecule has 1 aromatic rings. The van der Waals surface area contributed by atoms with Gasteiger partial charge in [0.15, 0.2) is 5.22 Å². The second-order valence-electron chi connectivity index (χ2n) is 5.90. The molecule has 0 aliphatic carbocycles. The smallest absolute Gasteiger partial charge is 0.225 e. The molecule has 4 nitrogen and oxygen atoms in total. The predicted octanol–water partition coefficient (Wildman–Crippen LogP) is 2.92. The van der Waals surface area contributed by atoms with Crippen molar-refractivity contribution in [1.29, 1.82) is 0 Å². The first kappa shape index (κ1) is 15.4. The molecule has 1 aliphatic heterocycles. The van der Waals surface area contributed by atoms with E-state index < -0.39 is 0 Å². The number of halogens is 1. The van der Waals surface area contributed by atoms with Crippen molar-refractivity contribution in [2.75, 3.05) is 13.1 Å². The average molecular weight is 299 g/mol. The molecule has 1 amide bonds. The number of furan rings is 1. The van der Waals surface area contributed by atoms with Crippen LogP contribution in [0.4, 0.5) is 0 Å². The van der Waals surface area contributed by atoms with Gasteiger partial charge in [-0.15, -0.1) is 0 Å². The highest BCUT2D eigenvalue weighted by atomic mass is 35.5. The summed E-state index contributed by atoms with van der Waals surface area (Å²) in [6.07, 6.45) is 0.980. The minimum atomic E-state index is 0.0805. The lowest BCUT2D eigenvalue weighted by Crippen LogP contribution is -2.50. The number of nitrogens with one attached hydrogen (secondary N) is 1. The average Bonchev–Trinajstić information content (AvgIpc) is 2.82.